The average molecular weight is 399 g/mol. The van der Waals surface area contributed by atoms with Crippen molar-refractivity contribution in [3.8, 4) is 11.5 Å². The molecule has 1 aliphatic rings. The normalized spacial score (nSPS) is 14.4. The van der Waals surface area contributed by atoms with E-state index in [1.807, 2.05) is 25.1 Å². The van der Waals surface area contributed by atoms with Crippen LogP contribution in [0.2, 0.25) is 0 Å². The van der Waals surface area contributed by atoms with Crippen molar-refractivity contribution < 1.29 is 14.2 Å². The third kappa shape index (κ3) is 5.77. The summed E-state index contributed by atoms with van der Waals surface area (Å²) in [7, 11) is 3.39. The maximum absolute atomic E-state index is 5.56. The molecule has 3 rings (SSSR count). The molecule has 0 saturated carbocycles. The molecule has 1 aliphatic heterocycles. The average Bonchev–Trinajstić information content (AvgIpc) is 2.78. The summed E-state index contributed by atoms with van der Waals surface area (Å²) < 4.78 is 16.4. The minimum Gasteiger partial charge on any atom is -0.493 e. The van der Waals surface area contributed by atoms with Gasteiger partial charge < -0.3 is 29.7 Å². The van der Waals surface area contributed by atoms with Gasteiger partial charge in [0.15, 0.2) is 17.5 Å². The monoisotopic (exact) mass is 398 g/mol. The van der Waals surface area contributed by atoms with Gasteiger partial charge >= 0.3 is 0 Å². The van der Waals surface area contributed by atoms with Crippen LogP contribution in [0, 0.1) is 0 Å². The summed E-state index contributed by atoms with van der Waals surface area (Å²) in [6.07, 6.45) is 0. The van der Waals surface area contributed by atoms with Gasteiger partial charge in [0.1, 0.15) is 0 Å². The molecule has 0 aliphatic carbocycles. The Morgan fingerprint density at radius 3 is 2.52 bits per heavy atom. The maximum Gasteiger partial charge on any atom is 0.195 e. The van der Waals surface area contributed by atoms with E-state index in [0.29, 0.717) is 24.9 Å². The fourth-order valence-electron chi connectivity index (χ4n) is 3.17. The van der Waals surface area contributed by atoms with E-state index in [4.69, 9.17) is 14.2 Å². The molecule has 29 heavy (non-hydrogen) atoms. The van der Waals surface area contributed by atoms with Gasteiger partial charge in [-0.2, -0.15) is 0 Å². The second-order valence-electron chi connectivity index (χ2n) is 6.62. The molecule has 0 radical (unpaired) electrons. The van der Waals surface area contributed by atoms with Crippen LogP contribution < -0.4 is 25.0 Å². The number of anilines is 2. The second-order valence-corrected chi connectivity index (χ2v) is 6.62. The number of nitrogens with one attached hydrogen (secondary N) is 2. The zero-order valence-electron chi connectivity index (χ0n) is 17.4. The minimum atomic E-state index is 0.594. The Kier molecular flexibility index (Phi) is 7.58. The van der Waals surface area contributed by atoms with Gasteiger partial charge in [-0.15, -0.1) is 0 Å². The van der Waals surface area contributed by atoms with Crippen molar-refractivity contribution in [3.05, 3.63) is 48.0 Å². The highest BCUT2D eigenvalue weighted by Gasteiger charge is 2.11. The Morgan fingerprint density at radius 2 is 1.86 bits per heavy atom. The van der Waals surface area contributed by atoms with Gasteiger partial charge in [-0.05, 0) is 36.8 Å². The first-order valence-corrected chi connectivity index (χ1v) is 9.93. The van der Waals surface area contributed by atoms with Crippen LogP contribution in [-0.4, -0.2) is 53.0 Å². The van der Waals surface area contributed by atoms with Crippen LogP contribution in [0.4, 0.5) is 11.4 Å². The lowest BCUT2D eigenvalue weighted by Crippen LogP contribution is -2.36. The third-order valence-electron chi connectivity index (χ3n) is 4.72. The Morgan fingerprint density at radius 1 is 1.10 bits per heavy atom. The first kappa shape index (κ1) is 20.8. The molecule has 7 nitrogen and oxygen atoms in total. The molecule has 0 spiro atoms. The largest absolute Gasteiger partial charge is 0.493 e. The second kappa shape index (κ2) is 10.6. The van der Waals surface area contributed by atoms with Gasteiger partial charge in [-0.3, -0.25) is 4.99 Å². The van der Waals surface area contributed by atoms with Crippen molar-refractivity contribution in [1.82, 2.24) is 5.32 Å². The van der Waals surface area contributed by atoms with Gasteiger partial charge in [-0.25, -0.2) is 0 Å². The highest BCUT2D eigenvalue weighted by atomic mass is 16.5. The molecule has 0 bridgehead atoms. The lowest BCUT2D eigenvalue weighted by molar-refractivity contribution is 0.122. The molecule has 1 fully saturated rings. The number of aliphatic imine (C=N–C) groups is 1. The van der Waals surface area contributed by atoms with Crippen LogP contribution in [0.25, 0.3) is 0 Å². The van der Waals surface area contributed by atoms with E-state index in [1.54, 1.807) is 14.2 Å². The van der Waals surface area contributed by atoms with E-state index in [9.17, 15) is 0 Å². The summed E-state index contributed by atoms with van der Waals surface area (Å²) >= 11 is 0. The topological polar surface area (TPSA) is 67.4 Å². The lowest BCUT2D eigenvalue weighted by atomic mass is 10.2. The van der Waals surface area contributed by atoms with Crippen LogP contribution in [0.5, 0.6) is 11.5 Å². The number of rotatable bonds is 7. The van der Waals surface area contributed by atoms with Crippen molar-refractivity contribution in [2.24, 2.45) is 4.99 Å². The van der Waals surface area contributed by atoms with Crippen LogP contribution in [0.3, 0.4) is 0 Å². The molecule has 0 unspecified atom stereocenters. The standard InChI is InChI=1S/C22H30N4O3/c1-4-29-20-10-7-18(15-21(20)27-3)25-22(23-2)24-16-17-5-8-19(9-6-17)26-11-13-28-14-12-26/h5-10,15H,4,11-14,16H2,1-3H3,(H2,23,24,25). The summed E-state index contributed by atoms with van der Waals surface area (Å²) in [5.74, 6) is 2.10. The van der Waals surface area contributed by atoms with Crippen molar-refractivity contribution in [2.75, 3.05) is 57.3 Å². The number of hydrogen-bond acceptors (Lipinski definition) is 5. The van der Waals surface area contributed by atoms with Gasteiger partial charge in [0.2, 0.25) is 0 Å². The SMILES string of the molecule is CCOc1ccc(NC(=NC)NCc2ccc(N3CCOCC3)cc2)cc1OC. The highest BCUT2D eigenvalue weighted by molar-refractivity contribution is 5.93. The molecule has 0 atom stereocenters. The zero-order chi connectivity index (χ0) is 20.5. The van der Waals surface area contributed by atoms with Crippen molar-refractivity contribution in [2.45, 2.75) is 13.5 Å². The first-order chi connectivity index (χ1) is 14.2. The minimum absolute atomic E-state index is 0.594. The quantitative estimate of drug-likeness (QED) is 0.552. The number of nitrogens with zero attached hydrogens (tertiary/aromatic N) is 2. The lowest BCUT2D eigenvalue weighted by Gasteiger charge is -2.28. The maximum atomic E-state index is 5.56. The number of ether oxygens (including phenoxy) is 3. The number of hydrogen-bond donors (Lipinski definition) is 2. The molecule has 2 aromatic rings. The van der Waals surface area contributed by atoms with Crippen LogP contribution in [-0.2, 0) is 11.3 Å². The van der Waals surface area contributed by atoms with Gasteiger partial charge in [0.05, 0.1) is 26.9 Å². The molecular formula is C22H30N4O3. The van der Waals surface area contributed by atoms with Crippen molar-refractivity contribution in [1.29, 1.82) is 0 Å². The molecular weight excluding hydrogens is 368 g/mol. The van der Waals surface area contributed by atoms with E-state index in [0.717, 1.165) is 37.7 Å². The molecule has 2 aromatic carbocycles. The fourth-order valence-corrected chi connectivity index (χ4v) is 3.17. The smallest absolute Gasteiger partial charge is 0.195 e. The summed E-state index contributed by atoms with van der Waals surface area (Å²) in [6, 6.07) is 14.3. The van der Waals surface area contributed by atoms with Crippen molar-refractivity contribution in [3.63, 3.8) is 0 Å². The molecule has 1 heterocycles. The Bertz CT molecular complexity index is 802. The third-order valence-corrected chi connectivity index (χ3v) is 4.72. The van der Waals surface area contributed by atoms with Crippen LogP contribution in [0.15, 0.2) is 47.5 Å². The van der Waals surface area contributed by atoms with Gasteiger partial charge in [-0.1, -0.05) is 12.1 Å². The number of benzene rings is 2. The Balaban J connectivity index is 1.56. The molecule has 2 N–H and O–H groups in total. The predicted molar refractivity (Wildman–Crippen MR) is 117 cm³/mol. The number of methoxy groups -OCH3 is 1. The predicted octanol–water partition coefficient (Wildman–Crippen LogP) is 3.12. The molecule has 1 saturated heterocycles. The molecule has 156 valence electrons. The van der Waals surface area contributed by atoms with E-state index in [2.05, 4.69) is 44.8 Å². The highest BCUT2D eigenvalue weighted by Crippen LogP contribution is 2.30. The first-order valence-electron chi connectivity index (χ1n) is 9.93. The Labute approximate surface area is 172 Å². The van der Waals surface area contributed by atoms with Crippen LogP contribution in [0.1, 0.15) is 12.5 Å². The Hall–Kier alpha value is -2.93. The summed E-state index contributed by atoms with van der Waals surface area (Å²) in [4.78, 5) is 6.65. The summed E-state index contributed by atoms with van der Waals surface area (Å²) in [5.41, 5.74) is 3.30. The van der Waals surface area contributed by atoms with Gasteiger partial charge in [0, 0.05) is 44.1 Å². The van der Waals surface area contributed by atoms with Gasteiger partial charge in [0.25, 0.3) is 0 Å². The summed E-state index contributed by atoms with van der Waals surface area (Å²) in [6.45, 7) is 6.70. The van der Waals surface area contributed by atoms with E-state index >= 15 is 0 Å². The molecule has 0 amide bonds. The number of guanidine groups is 1. The van der Waals surface area contributed by atoms with E-state index < -0.39 is 0 Å². The number of morpholine rings is 1. The molecule has 7 heteroatoms. The molecule has 0 aromatic heterocycles. The van der Waals surface area contributed by atoms with Crippen LogP contribution >= 0.6 is 0 Å². The summed E-state index contributed by atoms with van der Waals surface area (Å²) in [5, 5.41) is 6.63. The van der Waals surface area contributed by atoms with Crippen molar-refractivity contribution >= 4 is 17.3 Å². The van der Waals surface area contributed by atoms with E-state index in [1.165, 1.54) is 11.3 Å². The van der Waals surface area contributed by atoms with E-state index in [-0.39, 0.29) is 0 Å². The zero-order valence-corrected chi connectivity index (χ0v) is 17.4. The fraction of sp³-hybridized carbons (Fsp3) is 0.409.